The molecule has 13 heavy (non-hydrogen) atoms. The number of hydrogen-bond acceptors (Lipinski definition) is 3. The number of rotatable bonds is 5. The fourth-order valence-corrected chi connectivity index (χ4v) is 0.783. The van der Waals surface area contributed by atoms with E-state index >= 15 is 0 Å². The third-order valence-electron chi connectivity index (χ3n) is 1.87. The zero-order valence-corrected chi connectivity index (χ0v) is 8.58. The zero-order valence-electron chi connectivity index (χ0n) is 8.58. The third kappa shape index (κ3) is 6.54. The van der Waals surface area contributed by atoms with Gasteiger partial charge in [-0.1, -0.05) is 13.8 Å². The van der Waals surface area contributed by atoms with Gasteiger partial charge in [-0.05, 0) is 12.8 Å². The van der Waals surface area contributed by atoms with Crippen LogP contribution in [-0.2, 0) is 4.79 Å². The lowest BCUT2D eigenvalue weighted by molar-refractivity contribution is -0.122. The van der Waals surface area contributed by atoms with Crippen LogP contribution in [-0.4, -0.2) is 29.7 Å². The molecule has 0 saturated carbocycles. The summed E-state index contributed by atoms with van der Waals surface area (Å²) in [6.07, 6.45) is -0.177. The smallest absolute Gasteiger partial charge is 0.221 e. The molecular weight excluding hydrogens is 168 g/mol. The van der Waals surface area contributed by atoms with E-state index in [4.69, 9.17) is 10.8 Å². The Morgan fingerprint density at radius 2 is 2.00 bits per heavy atom. The average Bonchev–Trinajstić information content (AvgIpc) is 2.00. The monoisotopic (exact) mass is 188 g/mol. The van der Waals surface area contributed by atoms with Gasteiger partial charge < -0.3 is 16.2 Å². The van der Waals surface area contributed by atoms with Crippen molar-refractivity contribution in [1.29, 1.82) is 0 Å². The van der Waals surface area contributed by atoms with Gasteiger partial charge in [0.2, 0.25) is 5.91 Å². The topological polar surface area (TPSA) is 75.4 Å². The third-order valence-corrected chi connectivity index (χ3v) is 1.87. The summed E-state index contributed by atoms with van der Waals surface area (Å²) in [5.41, 5.74) is 5.70. The van der Waals surface area contributed by atoms with Crippen LogP contribution in [0.25, 0.3) is 0 Å². The van der Waals surface area contributed by atoms with Crippen LogP contribution in [0.1, 0.15) is 27.2 Å². The second-order valence-corrected chi connectivity index (χ2v) is 3.77. The summed E-state index contributed by atoms with van der Waals surface area (Å²) in [5.74, 6) is 0.208. The molecule has 0 aromatic heterocycles. The predicted octanol–water partition coefficient (Wildman–Crippen LogP) is -0.143. The number of amides is 1. The summed E-state index contributed by atoms with van der Waals surface area (Å²) in [5, 5.41) is 11.5. The molecule has 0 spiro atoms. The SMILES string of the molecule is CC(C)C(N)CC(=O)NC[C@@H](C)O. The lowest BCUT2D eigenvalue weighted by atomic mass is 10.0. The maximum atomic E-state index is 11.2. The number of aliphatic hydroxyl groups is 1. The van der Waals surface area contributed by atoms with Crippen LogP contribution in [0.5, 0.6) is 0 Å². The zero-order chi connectivity index (χ0) is 10.4. The largest absolute Gasteiger partial charge is 0.392 e. The highest BCUT2D eigenvalue weighted by Crippen LogP contribution is 2.01. The number of nitrogens with two attached hydrogens (primary N) is 1. The standard InChI is InChI=1S/C9H20N2O2/c1-6(2)8(10)4-9(13)11-5-7(3)12/h6-8,12H,4-5,10H2,1-3H3,(H,11,13)/t7-,8?/m1/s1. The Balaban J connectivity index is 3.62. The van der Waals surface area contributed by atoms with E-state index in [0.717, 1.165) is 0 Å². The van der Waals surface area contributed by atoms with Gasteiger partial charge in [0.15, 0.2) is 0 Å². The lowest BCUT2D eigenvalue weighted by Gasteiger charge is -2.15. The molecular formula is C9H20N2O2. The van der Waals surface area contributed by atoms with E-state index in [1.807, 2.05) is 13.8 Å². The lowest BCUT2D eigenvalue weighted by Crippen LogP contribution is -2.37. The van der Waals surface area contributed by atoms with Crippen molar-refractivity contribution in [2.75, 3.05) is 6.54 Å². The van der Waals surface area contributed by atoms with Crippen LogP contribution < -0.4 is 11.1 Å². The van der Waals surface area contributed by atoms with Gasteiger partial charge in [0, 0.05) is 19.0 Å². The fourth-order valence-electron chi connectivity index (χ4n) is 0.783. The van der Waals surface area contributed by atoms with Gasteiger partial charge in [-0.3, -0.25) is 4.79 Å². The van der Waals surface area contributed by atoms with E-state index in [0.29, 0.717) is 18.9 Å². The van der Waals surface area contributed by atoms with Gasteiger partial charge in [0.1, 0.15) is 0 Å². The summed E-state index contributed by atoms with van der Waals surface area (Å²) < 4.78 is 0. The number of carbonyl (C=O) groups is 1. The second-order valence-electron chi connectivity index (χ2n) is 3.77. The normalized spacial score (nSPS) is 15.5. The molecule has 4 nitrogen and oxygen atoms in total. The maximum Gasteiger partial charge on any atom is 0.221 e. The summed E-state index contributed by atoms with van der Waals surface area (Å²) in [6.45, 7) is 5.88. The molecule has 0 saturated heterocycles. The fraction of sp³-hybridized carbons (Fsp3) is 0.889. The molecule has 0 aliphatic carbocycles. The number of carbonyl (C=O) groups excluding carboxylic acids is 1. The Bertz CT molecular complexity index is 158. The first kappa shape index (κ1) is 12.4. The van der Waals surface area contributed by atoms with Gasteiger partial charge in [0.25, 0.3) is 0 Å². The van der Waals surface area contributed by atoms with E-state index in [1.54, 1.807) is 6.92 Å². The van der Waals surface area contributed by atoms with Gasteiger partial charge in [-0.2, -0.15) is 0 Å². The number of hydrogen-bond donors (Lipinski definition) is 3. The number of nitrogens with one attached hydrogen (secondary N) is 1. The second kappa shape index (κ2) is 5.94. The van der Waals surface area contributed by atoms with Crippen LogP contribution in [0.2, 0.25) is 0 Å². The number of aliphatic hydroxyl groups excluding tert-OH is 1. The van der Waals surface area contributed by atoms with Gasteiger partial charge in [0.05, 0.1) is 6.10 Å². The Labute approximate surface area is 79.5 Å². The summed E-state index contributed by atoms with van der Waals surface area (Å²) in [6, 6.07) is -0.103. The molecule has 78 valence electrons. The summed E-state index contributed by atoms with van der Waals surface area (Å²) in [7, 11) is 0. The van der Waals surface area contributed by atoms with Crippen LogP contribution in [0.4, 0.5) is 0 Å². The first-order valence-electron chi connectivity index (χ1n) is 4.63. The Morgan fingerprint density at radius 1 is 1.46 bits per heavy atom. The molecule has 1 amide bonds. The van der Waals surface area contributed by atoms with E-state index in [2.05, 4.69) is 5.32 Å². The van der Waals surface area contributed by atoms with Crippen molar-refractivity contribution in [3.05, 3.63) is 0 Å². The molecule has 0 fully saturated rings. The van der Waals surface area contributed by atoms with Crippen molar-refractivity contribution in [1.82, 2.24) is 5.32 Å². The quantitative estimate of drug-likeness (QED) is 0.562. The molecule has 0 aromatic carbocycles. The molecule has 0 bridgehead atoms. The van der Waals surface area contributed by atoms with Crippen molar-refractivity contribution in [3.63, 3.8) is 0 Å². The minimum Gasteiger partial charge on any atom is -0.392 e. The highest BCUT2D eigenvalue weighted by atomic mass is 16.3. The Kier molecular flexibility index (Phi) is 5.66. The van der Waals surface area contributed by atoms with Crippen molar-refractivity contribution in [3.8, 4) is 0 Å². The van der Waals surface area contributed by atoms with E-state index in [1.165, 1.54) is 0 Å². The van der Waals surface area contributed by atoms with Crippen molar-refractivity contribution in [2.45, 2.75) is 39.3 Å². The first-order chi connectivity index (χ1) is 5.93. The molecule has 0 aromatic rings. The maximum absolute atomic E-state index is 11.2. The minimum atomic E-state index is -0.501. The van der Waals surface area contributed by atoms with Crippen molar-refractivity contribution < 1.29 is 9.90 Å². The highest BCUT2D eigenvalue weighted by Gasteiger charge is 2.12. The van der Waals surface area contributed by atoms with Crippen LogP contribution in [0, 0.1) is 5.92 Å². The van der Waals surface area contributed by atoms with Crippen molar-refractivity contribution in [2.24, 2.45) is 11.7 Å². The molecule has 4 heteroatoms. The van der Waals surface area contributed by atoms with Crippen LogP contribution >= 0.6 is 0 Å². The van der Waals surface area contributed by atoms with Crippen LogP contribution in [0.15, 0.2) is 0 Å². The average molecular weight is 188 g/mol. The summed E-state index contributed by atoms with van der Waals surface area (Å²) in [4.78, 5) is 11.2. The molecule has 0 rings (SSSR count). The molecule has 2 atom stereocenters. The predicted molar refractivity (Wildman–Crippen MR) is 52.1 cm³/mol. The first-order valence-corrected chi connectivity index (χ1v) is 4.63. The van der Waals surface area contributed by atoms with E-state index < -0.39 is 6.10 Å². The molecule has 0 aliphatic rings. The Hall–Kier alpha value is -0.610. The van der Waals surface area contributed by atoms with Crippen LogP contribution in [0.3, 0.4) is 0 Å². The molecule has 0 radical (unpaired) electrons. The summed E-state index contributed by atoms with van der Waals surface area (Å²) >= 11 is 0. The van der Waals surface area contributed by atoms with E-state index in [9.17, 15) is 4.79 Å². The minimum absolute atomic E-state index is 0.0953. The molecule has 4 N–H and O–H groups in total. The molecule has 0 aliphatic heterocycles. The molecule has 0 heterocycles. The van der Waals surface area contributed by atoms with E-state index in [-0.39, 0.29) is 11.9 Å². The van der Waals surface area contributed by atoms with Gasteiger partial charge in [-0.25, -0.2) is 0 Å². The van der Waals surface area contributed by atoms with Gasteiger partial charge >= 0.3 is 0 Å². The Morgan fingerprint density at radius 3 is 2.38 bits per heavy atom. The van der Waals surface area contributed by atoms with Gasteiger partial charge in [-0.15, -0.1) is 0 Å². The highest BCUT2D eigenvalue weighted by molar-refractivity contribution is 5.76. The molecule has 1 unspecified atom stereocenters. The van der Waals surface area contributed by atoms with Crippen molar-refractivity contribution >= 4 is 5.91 Å².